The number of hydrogen-bond acceptors (Lipinski definition) is 4. The molecule has 1 aliphatic carbocycles. The minimum atomic E-state index is -0.371. The molecule has 1 N–H and O–H groups in total. The number of carbonyl (C=O) groups is 1. The van der Waals surface area contributed by atoms with Crippen LogP contribution in [-0.4, -0.2) is 25.7 Å². The molecule has 1 saturated carbocycles. The van der Waals surface area contributed by atoms with E-state index in [1.165, 1.54) is 39.2 Å². The van der Waals surface area contributed by atoms with E-state index in [2.05, 4.69) is 17.0 Å². The van der Waals surface area contributed by atoms with Crippen molar-refractivity contribution >= 4 is 11.7 Å². The quantitative estimate of drug-likeness (QED) is 0.665. The monoisotopic (exact) mass is 291 g/mol. The summed E-state index contributed by atoms with van der Waals surface area (Å²) in [5.41, 5.74) is 1.11. The molecule has 4 nitrogen and oxygen atoms in total. The van der Waals surface area contributed by atoms with Crippen LogP contribution in [0.1, 0.15) is 39.0 Å². The fourth-order valence-corrected chi connectivity index (χ4v) is 2.72. The molecule has 0 saturated heterocycles. The molecule has 0 bridgehead atoms. The number of rotatable bonds is 5. The van der Waals surface area contributed by atoms with Gasteiger partial charge >= 0.3 is 5.97 Å². The average Bonchev–Trinajstić information content (AvgIpc) is 2.71. The fourth-order valence-electron chi connectivity index (χ4n) is 2.72. The van der Waals surface area contributed by atoms with Gasteiger partial charge < -0.3 is 14.8 Å². The van der Waals surface area contributed by atoms with Crippen molar-refractivity contribution in [2.24, 2.45) is 5.92 Å². The van der Waals surface area contributed by atoms with E-state index in [-0.39, 0.29) is 12.6 Å². The third kappa shape index (κ3) is 5.29. The standard InChI is InChI=1S/C17H25NO3/c1-13-4-3-5-14(7-6-13)18-15-8-10-16(11-9-15)21-12-17(19)20-2/h8-11,13-14,18H,3-7,12H2,1-2H3. The lowest BCUT2D eigenvalue weighted by atomic mass is 10.0. The van der Waals surface area contributed by atoms with Crippen LogP contribution in [-0.2, 0) is 9.53 Å². The molecule has 0 amide bonds. The van der Waals surface area contributed by atoms with E-state index in [0.717, 1.165) is 11.6 Å². The predicted octanol–water partition coefficient (Wildman–Crippen LogP) is 3.62. The molecular weight excluding hydrogens is 266 g/mol. The predicted molar refractivity (Wildman–Crippen MR) is 83.6 cm³/mol. The maximum atomic E-state index is 11.0. The third-order valence-electron chi connectivity index (χ3n) is 4.07. The van der Waals surface area contributed by atoms with E-state index in [0.29, 0.717) is 11.8 Å². The minimum Gasteiger partial charge on any atom is -0.482 e. The van der Waals surface area contributed by atoms with Crippen molar-refractivity contribution in [1.82, 2.24) is 0 Å². The van der Waals surface area contributed by atoms with Gasteiger partial charge in [0.1, 0.15) is 5.75 Å². The molecule has 4 heteroatoms. The summed E-state index contributed by atoms with van der Waals surface area (Å²) in [6, 6.07) is 8.33. The third-order valence-corrected chi connectivity index (χ3v) is 4.07. The summed E-state index contributed by atoms with van der Waals surface area (Å²) in [6.45, 7) is 2.29. The summed E-state index contributed by atoms with van der Waals surface area (Å²) in [7, 11) is 1.35. The molecule has 1 aromatic rings. The Morgan fingerprint density at radius 3 is 2.67 bits per heavy atom. The van der Waals surface area contributed by atoms with E-state index < -0.39 is 0 Å². The fraction of sp³-hybridized carbons (Fsp3) is 0.588. The van der Waals surface area contributed by atoms with E-state index in [1.807, 2.05) is 24.3 Å². The molecule has 0 spiro atoms. The zero-order valence-corrected chi connectivity index (χ0v) is 12.9. The lowest BCUT2D eigenvalue weighted by Gasteiger charge is -2.18. The normalized spacial score (nSPS) is 22.2. The van der Waals surface area contributed by atoms with Crippen molar-refractivity contribution in [1.29, 1.82) is 0 Å². The Hall–Kier alpha value is -1.71. The Kier molecular flexibility index (Phi) is 5.90. The first-order valence-electron chi connectivity index (χ1n) is 7.73. The Bertz CT molecular complexity index is 444. The molecule has 1 aliphatic rings. The second kappa shape index (κ2) is 7.91. The number of anilines is 1. The lowest BCUT2D eigenvalue weighted by Crippen LogP contribution is -2.18. The van der Waals surface area contributed by atoms with Crippen LogP contribution < -0.4 is 10.1 Å². The highest BCUT2D eigenvalue weighted by Gasteiger charge is 2.15. The molecular formula is C17H25NO3. The van der Waals surface area contributed by atoms with Crippen molar-refractivity contribution < 1.29 is 14.3 Å². The van der Waals surface area contributed by atoms with Gasteiger partial charge in [0.05, 0.1) is 7.11 Å². The number of esters is 1. The Balaban J connectivity index is 1.82. The van der Waals surface area contributed by atoms with Gasteiger partial charge in [-0.25, -0.2) is 4.79 Å². The molecule has 2 atom stereocenters. The van der Waals surface area contributed by atoms with Crippen LogP contribution >= 0.6 is 0 Å². The topological polar surface area (TPSA) is 47.6 Å². The lowest BCUT2D eigenvalue weighted by molar-refractivity contribution is -0.142. The second-order valence-corrected chi connectivity index (χ2v) is 5.84. The first kappa shape index (κ1) is 15.7. The van der Waals surface area contributed by atoms with E-state index in [1.54, 1.807) is 0 Å². The summed E-state index contributed by atoms with van der Waals surface area (Å²) >= 11 is 0. The van der Waals surface area contributed by atoms with Crippen LogP contribution in [0.5, 0.6) is 5.75 Å². The highest BCUT2D eigenvalue weighted by Crippen LogP contribution is 2.25. The molecule has 0 radical (unpaired) electrons. The van der Waals surface area contributed by atoms with E-state index in [4.69, 9.17) is 4.74 Å². The van der Waals surface area contributed by atoms with Gasteiger partial charge in [0.2, 0.25) is 0 Å². The molecule has 0 aliphatic heterocycles. The van der Waals surface area contributed by atoms with Crippen LogP contribution in [0.25, 0.3) is 0 Å². The Morgan fingerprint density at radius 2 is 1.95 bits per heavy atom. The van der Waals surface area contributed by atoms with Gasteiger partial charge in [-0.05, 0) is 49.4 Å². The maximum absolute atomic E-state index is 11.0. The molecule has 1 fully saturated rings. The van der Waals surface area contributed by atoms with Gasteiger partial charge in [0.15, 0.2) is 6.61 Å². The first-order chi connectivity index (χ1) is 10.2. The molecule has 1 aromatic carbocycles. The summed E-state index contributed by atoms with van der Waals surface area (Å²) in [6.07, 6.45) is 6.43. The summed E-state index contributed by atoms with van der Waals surface area (Å²) in [4.78, 5) is 11.0. The van der Waals surface area contributed by atoms with Crippen molar-refractivity contribution in [2.45, 2.75) is 45.1 Å². The zero-order valence-electron chi connectivity index (χ0n) is 12.9. The molecule has 2 unspecified atom stereocenters. The van der Waals surface area contributed by atoms with Gasteiger partial charge in [-0.15, -0.1) is 0 Å². The smallest absolute Gasteiger partial charge is 0.343 e. The SMILES string of the molecule is COC(=O)COc1ccc(NC2CCCC(C)CC2)cc1. The summed E-state index contributed by atoms with van der Waals surface area (Å²) in [5.74, 6) is 1.16. The van der Waals surface area contributed by atoms with Crippen LogP contribution in [0.3, 0.4) is 0 Å². The van der Waals surface area contributed by atoms with Gasteiger partial charge in [-0.1, -0.05) is 19.8 Å². The molecule has 21 heavy (non-hydrogen) atoms. The van der Waals surface area contributed by atoms with Crippen LogP contribution in [0.15, 0.2) is 24.3 Å². The molecule has 116 valence electrons. The minimum absolute atomic E-state index is 0.0518. The Morgan fingerprint density at radius 1 is 1.19 bits per heavy atom. The largest absolute Gasteiger partial charge is 0.482 e. The van der Waals surface area contributed by atoms with Crippen LogP contribution in [0, 0.1) is 5.92 Å². The van der Waals surface area contributed by atoms with Crippen LogP contribution in [0.4, 0.5) is 5.69 Å². The average molecular weight is 291 g/mol. The van der Waals surface area contributed by atoms with Crippen LogP contribution in [0.2, 0.25) is 0 Å². The van der Waals surface area contributed by atoms with Crippen molar-refractivity contribution in [3.8, 4) is 5.75 Å². The number of carbonyl (C=O) groups excluding carboxylic acids is 1. The second-order valence-electron chi connectivity index (χ2n) is 5.84. The number of benzene rings is 1. The zero-order chi connectivity index (χ0) is 15.1. The number of methoxy groups -OCH3 is 1. The van der Waals surface area contributed by atoms with Crippen molar-refractivity contribution in [3.63, 3.8) is 0 Å². The van der Waals surface area contributed by atoms with Gasteiger partial charge in [-0.2, -0.15) is 0 Å². The van der Waals surface area contributed by atoms with E-state index in [9.17, 15) is 4.79 Å². The number of ether oxygens (including phenoxy) is 2. The van der Waals surface area contributed by atoms with Crippen molar-refractivity contribution in [3.05, 3.63) is 24.3 Å². The first-order valence-corrected chi connectivity index (χ1v) is 7.73. The highest BCUT2D eigenvalue weighted by atomic mass is 16.6. The highest BCUT2D eigenvalue weighted by molar-refractivity contribution is 5.70. The Labute approximate surface area is 126 Å². The summed E-state index contributed by atoms with van der Waals surface area (Å²) in [5, 5.41) is 3.60. The van der Waals surface area contributed by atoms with Crippen molar-refractivity contribution in [2.75, 3.05) is 19.0 Å². The summed E-state index contributed by atoms with van der Waals surface area (Å²) < 4.78 is 9.88. The van der Waals surface area contributed by atoms with E-state index >= 15 is 0 Å². The number of hydrogen-bond donors (Lipinski definition) is 1. The maximum Gasteiger partial charge on any atom is 0.343 e. The van der Waals surface area contributed by atoms with Gasteiger partial charge in [-0.3, -0.25) is 0 Å². The molecule has 0 aromatic heterocycles. The number of nitrogens with one attached hydrogen (secondary N) is 1. The van der Waals surface area contributed by atoms with Gasteiger partial charge in [0, 0.05) is 11.7 Å². The molecule has 0 heterocycles. The molecule has 2 rings (SSSR count). The van der Waals surface area contributed by atoms with Gasteiger partial charge in [0.25, 0.3) is 0 Å².